The van der Waals surface area contributed by atoms with E-state index in [1.807, 2.05) is 0 Å². The normalized spacial score (nSPS) is 12.8. The summed E-state index contributed by atoms with van der Waals surface area (Å²) in [5, 5.41) is 10.7. The maximum atomic E-state index is 13.9. The van der Waals surface area contributed by atoms with Crippen molar-refractivity contribution in [1.29, 1.82) is 0 Å². The first-order chi connectivity index (χ1) is 9.54. The second-order valence-corrected chi connectivity index (χ2v) is 6.21. The van der Waals surface area contributed by atoms with E-state index in [1.165, 1.54) is 6.92 Å². The van der Waals surface area contributed by atoms with Gasteiger partial charge in [0.2, 0.25) is 15.9 Å². The van der Waals surface area contributed by atoms with Crippen molar-refractivity contribution in [2.24, 2.45) is 0 Å². The fourth-order valence-corrected chi connectivity index (χ4v) is 2.92. The number of carbonyl (C=O) groups is 2. The number of rotatable bonds is 5. The van der Waals surface area contributed by atoms with E-state index in [4.69, 9.17) is 16.7 Å². The lowest BCUT2D eigenvalue weighted by Gasteiger charge is -2.13. The molecule has 10 heteroatoms. The molecule has 0 unspecified atom stereocenters. The summed E-state index contributed by atoms with van der Waals surface area (Å²) in [6.07, 6.45) is 0. The molecule has 21 heavy (non-hydrogen) atoms. The van der Waals surface area contributed by atoms with Crippen molar-refractivity contribution in [2.45, 2.75) is 24.8 Å². The van der Waals surface area contributed by atoms with Crippen LogP contribution in [0.1, 0.15) is 13.8 Å². The van der Waals surface area contributed by atoms with E-state index in [2.05, 4.69) is 5.32 Å². The highest BCUT2D eigenvalue weighted by atomic mass is 35.5. The van der Waals surface area contributed by atoms with Crippen LogP contribution >= 0.6 is 11.6 Å². The predicted molar refractivity (Wildman–Crippen MR) is 73.1 cm³/mol. The van der Waals surface area contributed by atoms with Crippen LogP contribution in [0.15, 0.2) is 17.0 Å². The lowest BCUT2D eigenvalue weighted by atomic mass is 10.3. The van der Waals surface area contributed by atoms with Crippen LogP contribution in [0.3, 0.4) is 0 Å². The topological polar surface area (TPSA) is 113 Å². The molecule has 1 aromatic carbocycles. The molecule has 0 bridgehead atoms. The number of hydrogen-bond acceptors (Lipinski definition) is 4. The summed E-state index contributed by atoms with van der Waals surface area (Å²) in [5.41, 5.74) is -0.0908. The van der Waals surface area contributed by atoms with Gasteiger partial charge >= 0.3 is 5.97 Å². The zero-order valence-corrected chi connectivity index (χ0v) is 12.5. The number of carboxylic acids is 1. The van der Waals surface area contributed by atoms with Crippen molar-refractivity contribution in [3.05, 3.63) is 23.0 Å². The number of nitrogens with one attached hydrogen (secondary N) is 2. The summed E-state index contributed by atoms with van der Waals surface area (Å²) in [6, 6.07) is 0.0891. The minimum Gasteiger partial charge on any atom is -0.480 e. The summed E-state index contributed by atoms with van der Waals surface area (Å²) in [7, 11) is -4.41. The molecule has 0 fully saturated rings. The lowest BCUT2D eigenvalue weighted by Crippen LogP contribution is -2.38. The number of carbonyl (C=O) groups excluding carboxylic acids is 1. The number of amides is 1. The first-order valence-corrected chi connectivity index (χ1v) is 7.42. The molecule has 0 spiro atoms. The number of halogens is 2. The summed E-state index contributed by atoms with van der Waals surface area (Å²) in [4.78, 5) is 20.7. The van der Waals surface area contributed by atoms with Crippen molar-refractivity contribution < 1.29 is 27.5 Å². The Bertz CT molecular complexity index is 692. The first-order valence-electron chi connectivity index (χ1n) is 5.56. The average Bonchev–Trinajstić information content (AvgIpc) is 2.31. The third kappa shape index (κ3) is 4.38. The van der Waals surface area contributed by atoms with Gasteiger partial charge in [0.1, 0.15) is 16.8 Å². The van der Waals surface area contributed by atoms with Gasteiger partial charge in [-0.3, -0.25) is 9.59 Å². The molecule has 116 valence electrons. The van der Waals surface area contributed by atoms with E-state index in [1.54, 1.807) is 4.72 Å². The van der Waals surface area contributed by atoms with Crippen molar-refractivity contribution in [3.8, 4) is 0 Å². The quantitative estimate of drug-likeness (QED) is 0.746. The van der Waals surface area contributed by atoms with Crippen LogP contribution in [0.25, 0.3) is 0 Å². The van der Waals surface area contributed by atoms with Gasteiger partial charge in [0, 0.05) is 13.0 Å². The third-order valence-corrected chi connectivity index (χ3v) is 4.19. The maximum absolute atomic E-state index is 13.9. The van der Waals surface area contributed by atoms with Gasteiger partial charge < -0.3 is 10.4 Å². The van der Waals surface area contributed by atoms with Gasteiger partial charge in [0.15, 0.2) is 0 Å². The average molecular weight is 339 g/mol. The van der Waals surface area contributed by atoms with Gasteiger partial charge in [-0.2, -0.15) is 4.72 Å². The molecule has 0 saturated heterocycles. The predicted octanol–water partition coefficient (Wildman–Crippen LogP) is 1.19. The zero-order chi connectivity index (χ0) is 16.4. The van der Waals surface area contributed by atoms with Crippen LogP contribution in [-0.4, -0.2) is 31.4 Å². The molecule has 0 radical (unpaired) electrons. The highest BCUT2D eigenvalue weighted by Crippen LogP contribution is 2.28. The molecule has 0 saturated carbocycles. The summed E-state index contributed by atoms with van der Waals surface area (Å²) in [5.74, 6) is -3.10. The van der Waals surface area contributed by atoms with E-state index in [0.29, 0.717) is 0 Å². The second-order valence-electron chi connectivity index (χ2n) is 4.12. The second kappa shape index (κ2) is 6.37. The monoisotopic (exact) mass is 338 g/mol. The molecule has 7 nitrogen and oxygen atoms in total. The number of benzene rings is 1. The minimum absolute atomic E-state index is 0.0908. The fourth-order valence-electron chi connectivity index (χ4n) is 1.37. The van der Waals surface area contributed by atoms with Crippen LogP contribution in [0.2, 0.25) is 5.02 Å². The highest BCUT2D eigenvalue weighted by Gasteiger charge is 2.25. The molecule has 0 aliphatic heterocycles. The Balaban J connectivity index is 3.22. The number of hydrogen-bond donors (Lipinski definition) is 3. The lowest BCUT2D eigenvalue weighted by molar-refractivity contribution is -0.138. The number of anilines is 1. The Kier molecular flexibility index (Phi) is 5.26. The Morgan fingerprint density at radius 2 is 1.95 bits per heavy atom. The maximum Gasteiger partial charge on any atom is 0.321 e. The zero-order valence-electron chi connectivity index (χ0n) is 11.0. The third-order valence-electron chi connectivity index (χ3n) is 2.32. The Hall–Kier alpha value is -1.71. The SMILES string of the molecule is CC(=O)Nc1cc(F)c(S(=O)(=O)N[C@H](C)C(=O)O)cc1Cl. The van der Waals surface area contributed by atoms with E-state index < -0.39 is 38.7 Å². The molecular formula is C11H12ClFN2O5S. The first kappa shape index (κ1) is 17.3. The van der Waals surface area contributed by atoms with Crippen molar-refractivity contribution in [3.63, 3.8) is 0 Å². The Morgan fingerprint density at radius 3 is 2.43 bits per heavy atom. The van der Waals surface area contributed by atoms with Crippen LogP contribution < -0.4 is 10.0 Å². The molecule has 1 aromatic rings. The van der Waals surface area contributed by atoms with Gasteiger partial charge in [0.05, 0.1) is 10.7 Å². The van der Waals surface area contributed by atoms with E-state index >= 15 is 0 Å². The van der Waals surface area contributed by atoms with E-state index in [0.717, 1.165) is 19.1 Å². The number of carboxylic acid groups (broad SMARTS) is 1. The Morgan fingerprint density at radius 1 is 1.38 bits per heavy atom. The minimum atomic E-state index is -4.41. The molecule has 0 aliphatic carbocycles. The summed E-state index contributed by atoms with van der Waals surface area (Å²) in [6.45, 7) is 2.26. The van der Waals surface area contributed by atoms with Crippen LogP contribution in [0, 0.1) is 5.82 Å². The van der Waals surface area contributed by atoms with Crippen molar-refractivity contribution in [2.75, 3.05) is 5.32 Å². The van der Waals surface area contributed by atoms with Crippen molar-refractivity contribution >= 4 is 39.2 Å². The van der Waals surface area contributed by atoms with E-state index in [-0.39, 0.29) is 10.7 Å². The van der Waals surface area contributed by atoms with Crippen molar-refractivity contribution in [1.82, 2.24) is 4.72 Å². The molecule has 0 aliphatic rings. The van der Waals surface area contributed by atoms with Crippen LogP contribution in [-0.2, 0) is 19.6 Å². The molecule has 0 heterocycles. The molecule has 3 N–H and O–H groups in total. The molecule has 1 amide bonds. The highest BCUT2D eigenvalue weighted by molar-refractivity contribution is 7.89. The van der Waals surface area contributed by atoms with Gasteiger partial charge in [-0.15, -0.1) is 0 Å². The summed E-state index contributed by atoms with van der Waals surface area (Å²) >= 11 is 5.76. The van der Waals surface area contributed by atoms with Gasteiger partial charge in [-0.1, -0.05) is 11.6 Å². The standard InChI is InChI=1S/C11H12ClFN2O5S/c1-5(11(17)18)15-21(19,20)10-3-7(12)9(4-8(10)13)14-6(2)16/h3-5,15H,1-2H3,(H,14,16)(H,17,18)/t5-/m1/s1. The van der Waals surface area contributed by atoms with E-state index in [9.17, 15) is 22.4 Å². The van der Waals surface area contributed by atoms with Gasteiger partial charge in [-0.25, -0.2) is 12.8 Å². The Labute approximate surface area is 125 Å². The van der Waals surface area contributed by atoms with Gasteiger partial charge in [-0.05, 0) is 13.0 Å². The fraction of sp³-hybridized carbons (Fsp3) is 0.273. The largest absolute Gasteiger partial charge is 0.480 e. The molecule has 1 atom stereocenters. The summed E-state index contributed by atoms with van der Waals surface area (Å²) < 4.78 is 39.4. The van der Waals surface area contributed by atoms with Gasteiger partial charge in [0.25, 0.3) is 0 Å². The van der Waals surface area contributed by atoms with Crippen LogP contribution in [0.5, 0.6) is 0 Å². The molecule has 0 aromatic heterocycles. The molecular weight excluding hydrogens is 327 g/mol. The number of aliphatic carboxylic acids is 1. The molecule has 1 rings (SSSR count). The smallest absolute Gasteiger partial charge is 0.321 e. The van der Waals surface area contributed by atoms with Crippen LogP contribution in [0.4, 0.5) is 10.1 Å². The number of sulfonamides is 1.